The topological polar surface area (TPSA) is 68.0 Å². The molecule has 2 aromatic rings. The highest BCUT2D eigenvalue weighted by Crippen LogP contribution is 2.25. The van der Waals surface area contributed by atoms with Gasteiger partial charge in [0.1, 0.15) is 5.82 Å². The molecule has 0 aliphatic carbocycles. The van der Waals surface area contributed by atoms with E-state index in [4.69, 9.17) is 11.6 Å². The molecule has 0 spiro atoms. The van der Waals surface area contributed by atoms with Crippen molar-refractivity contribution in [3.05, 3.63) is 29.2 Å². The van der Waals surface area contributed by atoms with Crippen molar-refractivity contribution in [2.45, 2.75) is 18.9 Å². The Hall–Kier alpha value is -1.86. The molecule has 1 saturated heterocycles. The third kappa shape index (κ3) is 3.00. The third-order valence-corrected chi connectivity index (χ3v) is 4.22. The summed E-state index contributed by atoms with van der Waals surface area (Å²) in [6.07, 6.45) is 5.34. The highest BCUT2D eigenvalue weighted by atomic mass is 35.5. The largest absolute Gasteiger partial charge is 0.306 e. The zero-order valence-corrected chi connectivity index (χ0v) is 13.4. The van der Waals surface area contributed by atoms with E-state index < -0.39 is 0 Å². The summed E-state index contributed by atoms with van der Waals surface area (Å²) >= 11 is 6.01. The second kappa shape index (κ2) is 6.10. The SMILES string of the molecule is CN1CCC(n2nccc2NC(=O)c2nn(C)cc2Cl)CC1. The van der Waals surface area contributed by atoms with Crippen molar-refractivity contribution in [3.63, 3.8) is 0 Å². The van der Waals surface area contributed by atoms with Crippen LogP contribution in [-0.2, 0) is 7.05 Å². The van der Waals surface area contributed by atoms with Gasteiger partial charge in [0.15, 0.2) is 5.69 Å². The molecular weight excluding hydrogens is 304 g/mol. The molecule has 1 aliphatic rings. The van der Waals surface area contributed by atoms with Gasteiger partial charge in [-0.2, -0.15) is 10.2 Å². The molecule has 1 N–H and O–H groups in total. The fraction of sp³-hybridized carbons (Fsp3) is 0.500. The minimum Gasteiger partial charge on any atom is -0.306 e. The molecule has 8 heteroatoms. The van der Waals surface area contributed by atoms with Crippen LogP contribution in [0.3, 0.4) is 0 Å². The summed E-state index contributed by atoms with van der Waals surface area (Å²) in [5.74, 6) is 0.363. The standard InChI is InChI=1S/C14H19ClN6O/c1-19-7-4-10(5-8-19)21-12(3-6-16-21)17-14(22)13-11(15)9-20(2)18-13/h3,6,9-10H,4-5,7-8H2,1-2H3,(H,17,22). The summed E-state index contributed by atoms with van der Waals surface area (Å²) < 4.78 is 3.41. The number of nitrogens with zero attached hydrogens (tertiary/aromatic N) is 5. The highest BCUT2D eigenvalue weighted by Gasteiger charge is 2.22. The van der Waals surface area contributed by atoms with Crippen LogP contribution in [0, 0.1) is 0 Å². The molecule has 0 radical (unpaired) electrons. The van der Waals surface area contributed by atoms with Gasteiger partial charge in [-0.3, -0.25) is 9.48 Å². The second-order valence-electron chi connectivity index (χ2n) is 5.65. The van der Waals surface area contributed by atoms with Crippen LogP contribution in [-0.4, -0.2) is 50.5 Å². The van der Waals surface area contributed by atoms with Crippen molar-refractivity contribution in [3.8, 4) is 0 Å². The zero-order valence-electron chi connectivity index (χ0n) is 12.7. The van der Waals surface area contributed by atoms with Gasteiger partial charge in [-0.1, -0.05) is 11.6 Å². The van der Waals surface area contributed by atoms with Gasteiger partial charge in [0, 0.05) is 19.3 Å². The van der Waals surface area contributed by atoms with Gasteiger partial charge in [0.25, 0.3) is 5.91 Å². The number of hydrogen-bond acceptors (Lipinski definition) is 4. The van der Waals surface area contributed by atoms with Gasteiger partial charge < -0.3 is 10.2 Å². The Kier molecular flexibility index (Phi) is 4.17. The van der Waals surface area contributed by atoms with E-state index in [0.717, 1.165) is 25.9 Å². The van der Waals surface area contributed by atoms with E-state index in [1.165, 1.54) is 4.68 Å². The van der Waals surface area contributed by atoms with Crippen molar-refractivity contribution in [1.82, 2.24) is 24.5 Å². The van der Waals surface area contributed by atoms with E-state index >= 15 is 0 Å². The fourth-order valence-corrected chi connectivity index (χ4v) is 3.00. The first-order valence-electron chi connectivity index (χ1n) is 7.27. The first kappa shape index (κ1) is 15.1. The maximum absolute atomic E-state index is 12.3. The molecule has 7 nitrogen and oxygen atoms in total. The fourth-order valence-electron chi connectivity index (χ4n) is 2.73. The zero-order chi connectivity index (χ0) is 15.7. The Morgan fingerprint density at radius 1 is 1.36 bits per heavy atom. The number of halogens is 1. The van der Waals surface area contributed by atoms with E-state index in [9.17, 15) is 4.79 Å². The Balaban J connectivity index is 1.75. The quantitative estimate of drug-likeness (QED) is 0.935. The van der Waals surface area contributed by atoms with E-state index in [1.54, 1.807) is 25.5 Å². The molecule has 118 valence electrons. The molecule has 0 unspecified atom stereocenters. The summed E-state index contributed by atoms with van der Waals surface area (Å²) in [5.41, 5.74) is 0.222. The van der Waals surface area contributed by atoms with Gasteiger partial charge in [-0.05, 0) is 33.0 Å². The molecule has 1 amide bonds. The number of aromatic nitrogens is 4. The van der Waals surface area contributed by atoms with Gasteiger partial charge in [0.05, 0.1) is 17.3 Å². The summed E-state index contributed by atoms with van der Waals surface area (Å²) in [6, 6.07) is 2.10. The summed E-state index contributed by atoms with van der Waals surface area (Å²) in [4.78, 5) is 14.6. The van der Waals surface area contributed by atoms with Gasteiger partial charge >= 0.3 is 0 Å². The van der Waals surface area contributed by atoms with E-state index in [-0.39, 0.29) is 11.6 Å². The van der Waals surface area contributed by atoms with Crippen molar-refractivity contribution < 1.29 is 4.79 Å². The first-order chi connectivity index (χ1) is 10.5. The molecule has 0 aromatic carbocycles. The lowest BCUT2D eigenvalue weighted by Gasteiger charge is -2.29. The van der Waals surface area contributed by atoms with Crippen LogP contribution in [0.25, 0.3) is 0 Å². The molecule has 1 fully saturated rings. The number of anilines is 1. The van der Waals surface area contributed by atoms with Crippen molar-refractivity contribution in [1.29, 1.82) is 0 Å². The number of rotatable bonds is 3. The lowest BCUT2D eigenvalue weighted by Crippen LogP contribution is -2.32. The summed E-state index contributed by atoms with van der Waals surface area (Å²) in [6.45, 7) is 2.06. The summed E-state index contributed by atoms with van der Waals surface area (Å²) in [7, 11) is 3.84. The van der Waals surface area contributed by atoms with Crippen LogP contribution < -0.4 is 5.32 Å². The van der Waals surface area contributed by atoms with Gasteiger partial charge in [-0.15, -0.1) is 0 Å². The molecule has 3 heterocycles. The maximum Gasteiger partial charge on any atom is 0.278 e. The molecule has 0 atom stereocenters. The summed E-state index contributed by atoms with van der Waals surface area (Å²) in [5, 5.41) is 11.6. The second-order valence-corrected chi connectivity index (χ2v) is 6.06. The minimum absolute atomic E-state index is 0.222. The van der Waals surface area contributed by atoms with Crippen molar-refractivity contribution >= 4 is 23.3 Å². The van der Waals surface area contributed by atoms with E-state index in [2.05, 4.69) is 27.5 Å². The molecule has 0 bridgehead atoms. The Morgan fingerprint density at radius 2 is 2.09 bits per heavy atom. The predicted molar refractivity (Wildman–Crippen MR) is 84.2 cm³/mol. The third-order valence-electron chi connectivity index (χ3n) is 3.95. The molecule has 22 heavy (non-hydrogen) atoms. The number of hydrogen-bond donors (Lipinski definition) is 1. The number of likely N-dealkylation sites (tertiary alicyclic amines) is 1. The Morgan fingerprint density at radius 3 is 2.73 bits per heavy atom. The lowest BCUT2D eigenvalue weighted by molar-refractivity contribution is 0.102. The van der Waals surface area contributed by atoms with E-state index in [0.29, 0.717) is 16.9 Å². The number of nitrogens with one attached hydrogen (secondary N) is 1. The monoisotopic (exact) mass is 322 g/mol. The Bertz CT molecular complexity index is 671. The Labute approximate surface area is 133 Å². The highest BCUT2D eigenvalue weighted by molar-refractivity contribution is 6.34. The number of piperidine rings is 1. The number of amides is 1. The average molecular weight is 323 g/mol. The van der Waals surface area contributed by atoms with Crippen molar-refractivity contribution in [2.24, 2.45) is 7.05 Å². The molecule has 2 aromatic heterocycles. The maximum atomic E-state index is 12.3. The number of carbonyl (C=O) groups excluding carboxylic acids is 1. The van der Waals surface area contributed by atoms with Crippen LogP contribution in [0.4, 0.5) is 5.82 Å². The number of aryl methyl sites for hydroxylation is 1. The lowest BCUT2D eigenvalue weighted by atomic mass is 10.1. The first-order valence-corrected chi connectivity index (χ1v) is 7.65. The van der Waals surface area contributed by atoms with Gasteiger partial charge in [0.2, 0.25) is 0 Å². The molecule has 1 aliphatic heterocycles. The van der Waals surface area contributed by atoms with Crippen LogP contribution in [0.15, 0.2) is 18.5 Å². The van der Waals surface area contributed by atoms with Crippen LogP contribution in [0.1, 0.15) is 29.4 Å². The van der Waals surface area contributed by atoms with Crippen LogP contribution in [0.2, 0.25) is 5.02 Å². The smallest absolute Gasteiger partial charge is 0.278 e. The van der Waals surface area contributed by atoms with Crippen LogP contribution >= 0.6 is 11.6 Å². The molecule has 3 rings (SSSR count). The minimum atomic E-state index is -0.319. The van der Waals surface area contributed by atoms with Gasteiger partial charge in [-0.25, -0.2) is 4.68 Å². The predicted octanol–water partition coefficient (Wildman–Crippen LogP) is 1.79. The van der Waals surface area contributed by atoms with Crippen molar-refractivity contribution in [2.75, 3.05) is 25.5 Å². The molecule has 0 saturated carbocycles. The number of carbonyl (C=O) groups is 1. The molecular formula is C14H19ClN6O. The average Bonchev–Trinajstić information content (AvgIpc) is 3.06. The van der Waals surface area contributed by atoms with Crippen LogP contribution in [0.5, 0.6) is 0 Å². The van der Waals surface area contributed by atoms with E-state index in [1.807, 2.05) is 4.68 Å². The normalized spacial score (nSPS) is 16.9.